The number of anilines is 2. The van der Waals surface area contributed by atoms with Gasteiger partial charge in [0.15, 0.2) is 10.8 Å². The summed E-state index contributed by atoms with van der Waals surface area (Å²) in [5, 5.41) is -0.0441. The number of methoxy groups -OCH3 is 1. The standard InChI is InChI=1S/C13H20N6O3S/c1-6-19-8-11(15-9(19)2)23(20,21)17-10-7-14-13(22-5)16-12(10)18(3)4/h7-8,17H,6H2,1-5H3. The van der Waals surface area contributed by atoms with Crippen LogP contribution in [0.3, 0.4) is 0 Å². The first-order chi connectivity index (χ1) is 10.8. The molecule has 0 radical (unpaired) electrons. The van der Waals surface area contributed by atoms with E-state index in [2.05, 4.69) is 19.7 Å². The molecule has 10 heteroatoms. The molecule has 0 amide bonds. The topological polar surface area (TPSA) is 102 Å². The van der Waals surface area contributed by atoms with Gasteiger partial charge in [-0.15, -0.1) is 0 Å². The second-order valence-electron chi connectivity index (χ2n) is 5.01. The number of hydrogen-bond donors (Lipinski definition) is 1. The van der Waals surface area contributed by atoms with Crippen LogP contribution in [0.5, 0.6) is 6.01 Å². The van der Waals surface area contributed by atoms with Crippen molar-refractivity contribution in [2.75, 3.05) is 30.8 Å². The number of hydrogen-bond acceptors (Lipinski definition) is 7. The largest absolute Gasteiger partial charge is 0.467 e. The average Bonchev–Trinajstić information content (AvgIpc) is 2.89. The first-order valence-corrected chi connectivity index (χ1v) is 8.41. The monoisotopic (exact) mass is 340 g/mol. The zero-order chi connectivity index (χ0) is 17.2. The number of rotatable bonds is 6. The summed E-state index contributed by atoms with van der Waals surface area (Å²) in [5.74, 6) is 1.03. The average molecular weight is 340 g/mol. The lowest BCUT2D eigenvalue weighted by molar-refractivity contribution is 0.380. The summed E-state index contributed by atoms with van der Waals surface area (Å²) in [4.78, 5) is 13.8. The summed E-state index contributed by atoms with van der Waals surface area (Å²) >= 11 is 0. The third-order valence-electron chi connectivity index (χ3n) is 3.17. The van der Waals surface area contributed by atoms with Crippen molar-refractivity contribution < 1.29 is 13.2 Å². The summed E-state index contributed by atoms with van der Waals surface area (Å²) in [6, 6.07) is 0.155. The first kappa shape index (κ1) is 17.0. The lowest BCUT2D eigenvalue weighted by Gasteiger charge is -2.16. The molecule has 0 bridgehead atoms. The van der Waals surface area contributed by atoms with E-state index in [-0.39, 0.29) is 16.7 Å². The Bertz CT molecular complexity index is 800. The molecule has 0 spiro atoms. The Morgan fingerprint density at radius 3 is 2.57 bits per heavy atom. The van der Waals surface area contributed by atoms with Crippen LogP contribution >= 0.6 is 0 Å². The smallest absolute Gasteiger partial charge is 0.318 e. The Labute approximate surface area is 135 Å². The predicted molar refractivity (Wildman–Crippen MR) is 86.4 cm³/mol. The Kier molecular flexibility index (Phi) is 4.73. The molecule has 2 aromatic rings. The third kappa shape index (κ3) is 3.52. The molecule has 1 N–H and O–H groups in total. The molecule has 2 heterocycles. The maximum Gasteiger partial charge on any atom is 0.318 e. The minimum atomic E-state index is -3.83. The van der Waals surface area contributed by atoms with Crippen LogP contribution in [-0.4, -0.2) is 49.1 Å². The number of ether oxygens (including phenoxy) is 1. The van der Waals surface area contributed by atoms with Crippen molar-refractivity contribution in [3.8, 4) is 6.01 Å². The van der Waals surface area contributed by atoms with Gasteiger partial charge in [-0.25, -0.2) is 9.97 Å². The second-order valence-corrected chi connectivity index (χ2v) is 6.64. The molecule has 0 atom stereocenters. The highest BCUT2D eigenvalue weighted by molar-refractivity contribution is 7.92. The number of nitrogens with zero attached hydrogens (tertiary/aromatic N) is 5. The van der Waals surface area contributed by atoms with Crippen molar-refractivity contribution in [1.82, 2.24) is 19.5 Å². The Morgan fingerprint density at radius 1 is 1.35 bits per heavy atom. The van der Waals surface area contributed by atoms with E-state index >= 15 is 0 Å². The van der Waals surface area contributed by atoms with Crippen LogP contribution in [0.25, 0.3) is 0 Å². The summed E-state index contributed by atoms with van der Waals surface area (Å²) in [6.45, 7) is 4.31. The van der Waals surface area contributed by atoms with E-state index in [0.717, 1.165) is 0 Å². The van der Waals surface area contributed by atoms with E-state index in [4.69, 9.17) is 4.74 Å². The zero-order valence-corrected chi connectivity index (χ0v) is 14.5. The highest BCUT2D eigenvalue weighted by atomic mass is 32.2. The number of imidazole rings is 1. The van der Waals surface area contributed by atoms with Gasteiger partial charge in [0.1, 0.15) is 11.5 Å². The van der Waals surface area contributed by atoms with E-state index in [1.54, 1.807) is 30.5 Å². The van der Waals surface area contributed by atoms with Crippen LogP contribution in [0, 0.1) is 6.92 Å². The third-order valence-corrected chi connectivity index (χ3v) is 4.40. The van der Waals surface area contributed by atoms with Crippen molar-refractivity contribution in [1.29, 1.82) is 0 Å². The Balaban J connectivity index is 2.40. The van der Waals surface area contributed by atoms with Gasteiger partial charge in [0.25, 0.3) is 10.0 Å². The van der Waals surface area contributed by atoms with Gasteiger partial charge in [-0.2, -0.15) is 13.4 Å². The van der Waals surface area contributed by atoms with Crippen molar-refractivity contribution in [2.24, 2.45) is 0 Å². The molecular formula is C13H20N6O3S. The van der Waals surface area contributed by atoms with Crippen LogP contribution in [0.4, 0.5) is 11.5 Å². The number of aromatic nitrogens is 4. The maximum absolute atomic E-state index is 12.5. The SMILES string of the molecule is CCn1cc(S(=O)(=O)Nc2cnc(OC)nc2N(C)C)nc1C. The molecule has 0 saturated heterocycles. The fourth-order valence-corrected chi connectivity index (χ4v) is 3.05. The number of sulfonamides is 1. The van der Waals surface area contributed by atoms with E-state index in [9.17, 15) is 8.42 Å². The van der Waals surface area contributed by atoms with Gasteiger partial charge in [0.2, 0.25) is 0 Å². The molecule has 2 rings (SSSR count). The van der Waals surface area contributed by atoms with Gasteiger partial charge < -0.3 is 14.2 Å². The molecule has 9 nitrogen and oxygen atoms in total. The first-order valence-electron chi connectivity index (χ1n) is 6.93. The van der Waals surface area contributed by atoms with Crippen LogP contribution < -0.4 is 14.4 Å². The molecular weight excluding hydrogens is 320 g/mol. The highest BCUT2D eigenvalue weighted by Crippen LogP contribution is 2.25. The highest BCUT2D eigenvalue weighted by Gasteiger charge is 2.22. The second kappa shape index (κ2) is 6.41. The van der Waals surface area contributed by atoms with E-state index in [1.807, 2.05) is 6.92 Å². The van der Waals surface area contributed by atoms with Gasteiger partial charge in [0.05, 0.1) is 13.3 Å². The molecule has 0 unspecified atom stereocenters. The van der Waals surface area contributed by atoms with Crippen LogP contribution in [-0.2, 0) is 16.6 Å². The van der Waals surface area contributed by atoms with Crippen LogP contribution in [0.15, 0.2) is 17.4 Å². The Morgan fingerprint density at radius 2 is 2.04 bits per heavy atom. The van der Waals surface area contributed by atoms with E-state index in [0.29, 0.717) is 18.2 Å². The fourth-order valence-electron chi connectivity index (χ4n) is 1.99. The maximum atomic E-state index is 12.5. The minimum Gasteiger partial charge on any atom is -0.467 e. The quantitative estimate of drug-likeness (QED) is 0.832. The fraction of sp³-hybridized carbons (Fsp3) is 0.462. The lowest BCUT2D eigenvalue weighted by atomic mass is 10.4. The zero-order valence-electron chi connectivity index (χ0n) is 13.7. The van der Waals surface area contributed by atoms with Crippen molar-refractivity contribution in [2.45, 2.75) is 25.4 Å². The summed E-state index contributed by atoms with van der Waals surface area (Å²) in [7, 11) is 1.10. The molecule has 2 aromatic heterocycles. The summed E-state index contributed by atoms with van der Waals surface area (Å²) in [6.07, 6.45) is 2.86. The van der Waals surface area contributed by atoms with Crippen LogP contribution in [0.1, 0.15) is 12.7 Å². The minimum absolute atomic E-state index is 0.0441. The molecule has 0 aliphatic rings. The molecule has 23 heavy (non-hydrogen) atoms. The number of aryl methyl sites for hydroxylation is 2. The van der Waals surface area contributed by atoms with Gasteiger partial charge in [-0.1, -0.05) is 0 Å². The van der Waals surface area contributed by atoms with E-state index < -0.39 is 10.0 Å². The molecule has 0 saturated carbocycles. The molecule has 0 aromatic carbocycles. The normalized spacial score (nSPS) is 11.3. The summed E-state index contributed by atoms with van der Waals surface area (Å²) < 4.78 is 34.2. The molecule has 0 aliphatic heterocycles. The van der Waals surface area contributed by atoms with Gasteiger partial charge in [-0.3, -0.25) is 4.72 Å². The summed E-state index contributed by atoms with van der Waals surface area (Å²) in [5.41, 5.74) is 0.250. The Hall–Kier alpha value is -2.36. The van der Waals surface area contributed by atoms with Crippen molar-refractivity contribution in [3.05, 3.63) is 18.2 Å². The molecule has 0 fully saturated rings. The van der Waals surface area contributed by atoms with Crippen molar-refractivity contribution >= 4 is 21.5 Å². The number of nitrogens with one attached hydrogen (secondary N) is 1. The lowest BCUT2D eigenvalue weighted by Crippen LogP contribution is -2.19. The molecule has 0 aliphatic carbocycles. The van der Waals surface area contributed by atoms with Crippen molar-refractivity contribution in [3.63, 3.8) is 0 Å². The van der Waals surface area contributed by atoms with Gasteiger partial charge >= 0.3 is 6.01 Å². The predicted octanol–water partition coefficient (Wildman–Crippen LogP) is 0.877. The molecule has 126 valence electrons. The van der Waals surface area contributed by atoms with Gasteiger partial charge in [0, 0.05) is 26.8 Å². The van der Waals surface area contributed by atoms with E-state index in [1.165, 1.54) is 19.5 Å². The van der Waals surface area contributed by atoms with Crippen LogP contribution in [0.2, 0.25) is 0 Å². The van der Waals surface area contributed by atoms with Gasteiger partial charge in [-0.05, 0) is 13.8 Å².